The van der Waals surface area contributed by atoms with Gasteiger partial charge in [0.2, 0.25) is 0 Å². The van der Waals surface area contributed by atoms with E-state index < -0.39 is 18.6 Å². The van der Waals surface area contributed by atoms with Gasteiger partial charge in [0.1, 0.15) is 23.6 Å². The first-order valence-electron chi connectivity index (χ1n) is 12.4. The number of nitrogens with zero attached hydrogens (tertiary/aromatic N) is 8. The predicted molar refractivity (Wildman–Crippen MR) is 141 cm³/mol. The maximum atomic E-state index is 14.9. The molecule has 1 aliphatic rings. The molecule has 1 saturated heterocycles. The molecule has 5 heterocycles. The van der Waals surface area contributed by atoms with Crippen LogP contribution < -0.4 is 19.5 Å². The van der Waals surface area contributed by atoms with Crippen molar-refractivity contribution in [2.24, 2.45) is 0 Å². The van der Waals surface area contributed by atoms with Gasteiger partial charge in [-0.1, -0.05) is 0 Å². The average Bonchev–Trinajstić information content (AvgIpc) is 3.39. The Morgan fingerprint density at radius 2 is 2.00 bits per heavy atom. The number of ether oxygens (including phenoxy) is 3. The fraction of sp³-hybridized carbons (Fsp3) is 0.308. The molecule has 0 bridgehead atoms. The van der Waals surface area contributed by atoms with E-state index in [0.29, 0.717) is 46.1 Å². The number of benzene rings is 1. The van der Waals surface area contributed by atoms with Crippen molar-refractivity contribution in [3.05, 3.63) is 54.6 Å². The first-order valence-corrected chi connectivity index (χ1v) is 12.4. The standard InChI is InChI=1S/C26H25F2N9O3/c1-15-10-16(4-5-19(15)39-17-6-9-37-21(11-17)33-34-35-37)32-24-22-18(30-14-31-24)12-29-25(38-3)23(22)40-20-7-8-36(2)13-26(20,27)28/h4-6,9-12,14,20H,7-8,13H2,1-3H3,(H,30,31,32)/t20-/m1/s1. The third-order valence-electron chi connectivity index (χ3n) is 6.62. The lowest BCUT2D eigenvalue weighted by Crippen LogP contribution is -2.52. The number of halogens is 2. The molecule has 14 heteroatoms. The average molecular weight is 550 g/mol. The van der Waals surface area contributed by atoms with Gasteiger partial charge in [-0.15, -0.1) is 5.10 Å². The first-order chi connectivity index (χ1) is 19.3. The van der Waals surface area contributed by atoms with Crippen LogP contribution in [-0.2, 0) is 0 Å². The van der Waals surface area contributed by atoms with E-state index in [1.54, 1.807) is 30.3 Å². The van der Waals surface area contributed by atoms with Crippen LogP contribution in [0.1, 0.15) is 12.0 Å². The minimum absolute atomic E-state index is 0.0624. The van der Waals surface area contributed by atoms with Crippen molar-refractivity contribution in [3.63, 3.8) is 0 Å². The molecule has 1 N–H and O–H groups in total. The van der Waals surface area contributed by atoms with Crippen LogP contribution in [0.4, 0.5) is 20.3 Å². The number of anilines is 2. The van der Waals surface area contributed by atoms with Crippen LogP contribution in [-0.4, -0.2) is 79.2 Å². The number of alkyl halides is 2. The number of rotatable bonds is 7. The number of hydrogen-bond acceptors (Lipinski definition) is 11. The van der Waals surface area contributed by atoms with Crippen molar-refractivity contribution in [1.29, 1.82) is 0 Å². The van der Waals surface area contributed by atoms with E-state index >= 15 is 0 Å². The Morgan fingerprint density at radius 3 is 2.80 bits per heavy atom. The zero-order valence-electron chi connectivity index (χ0n) is 21.9. The summed E-state index contributed by atoms with van der Waals surface area (Å²) in [7, 11) is 3.07. The van der Waals surface area contributed by atoms with Crippen LogP contribution in [0.3, 0.4) is 0 Å². The van der Waals surface area contributed by atoms with E-state index in [1.165, 1.54) is 24.1 Å². The lowest BCUT2D eigenvalue weighted by molar-refractivity contribution is -0.135. The summed E-state index contributed by atoms with van der Waals surface area (Å²) in [4.78, 5) is 14.5. The van der Waals surface area contributed by atoms with E-state index in [4.69, 9.17) is 14.2 Å². The summed E-state index contributed by atoms with van der Waals surface area (Å²) in [5.74, 6) is -1.36. The van der Waals surface area contributed by atoms with Crippen molar-refractivity contribution >= 4 is 28.1 Å². The third-order valence-corrected chi connectivity index (χ3v) is 6.62. The van der Waals surface area contributed by atoms with Crippen LogP contribution in [0.15, 0.2) is 49.1 Å². The number of hydrogen-bond donors (Lipinski definition) is 1. The van der Waals surface area contributed by atoms with Crippen LogP contribution in [0, 0.1) is 6.92 Å². The molecule has 1 aromatic carbocycles. The molecule has 6 rings (SSSR count). The molecule has 0 spiro atoms. The highest BCUT2D eigenvalue weighted by Gasteiger charge is 2.46. The second-order valence-electron chi connectivity index (χ2n) is 9.52. The van der Waals surface area contributed by atoms with Gasteiger partial charge in [-0.25, -0.2) is 28.2 Å². The van der Waals surface area contributed by atoms with E-state index in [-0.39, 0.29) is 18.1 Å². The number of likely N-dealkylation sites (tertiary alicyclic amines) is 1. The number of pyridine rings is 2. The van der Waals surface area contributed by atoms with Gasteiger partial charge in [-0.3, -0.25) is 0 Å². The zero-order valence-corrected chi connectivity index (χ0v) is 21.9. The van der Waals surface area contributed by atoms with E-state index in [1.807, 2.05) is 25.1 Å². The summed E-state index contributed by atoms with van der Waals surface area (Å²) >= 11 is 0. The normalized spacial score (nSPS) is 17.2. The van der Waals surface area contributed by atoms with Crippen LogP contribution in [0.2, 0.25) is 0 Å². The van der Waals surface area contributed by atoms with Gasteiger partial charge >= 0.3 is 0 Å². The monoisotopic (exact) mass is 549 g/mol. The summed E-state index contributed by atoms with van der Waals surface area (Å²) in [5, 5.41) is 15.0. The Bertz CT molecular complexity index is 1700. The first kappa shape index (κ1) is 25.6. The Labute approximate surface area is 226 Å². The smallest absolute Gasteiger partial charge is 0.296 e. The summed E-state index contributed by atoms with van der Waals surface area (Å²) in [6.07, 6.45) is 3.35. The number of fused-ring (bicyclic) bond motifs is 2. The van der Waals surface area contributed by atoms with Crippen LogP contribution >= 0.6 is 0 Å². The Morgan fingerprint density at radius 1 is 1.12 bits per heavy atom. The molecule has 1 aliphatic heterocycles. The molecule has 0 saturated carbocycles. The van der Waals surface area contributed by atoms with Crippen molar-refractivity contribution < 1.29 is 23.0 Å². The summed E-state index contributed by atoms with van der Waals surface area (Å²) < 4.78 is 48.7. The molecule has 5 aromatic rings. The largest absolute Gasteiger partial charge is 0.478 e. The van der Waals surface area contributed by atoms with E-state index in [9.17, 15) is 8.78 Å². The van der Waals surface area contributed by atoms with Gasteiger partial charge in [0, 0.05) is 30.9 Å². The molecule has 1 fully saturated rings. The van der Waals surface area contributed by atoms with E-state index in [0.717, 1.165) is 5.56 Å². The highest BCUT2D eigenvalue weighted by atomic mass is 19.3. The van der Waals surface area contributed by atoms with E-state index in [2.05, 4.69) is 35.8 Å². The number of piperidine rings is 1. The molecule has 0 amide bonds. The lowest BCUT2D eigenvalue weighted by Gasteiger charge is -2.36. The molecule has 40 heavy (non-hydrogen) atoms. The second-order valence-corrected chi connectivity index (χ2v) is 9.52. The minimum atomic E-state index is -3.06. The fourth-order valence-corrected chi connectivity index (χ4v) is 4.62. The van der Waals surface area contributed by atoms with Crippen molar-refractivity contribution in [2.75, 3.05) is 32.6 Å². The Hall–Kier alpha value is -4.72. The molecular weight excluding hydrogens is 524 g/mol. The van der Waals surface area contributed by atoms with Gasteiger partial charge in [0.05, 0.1) is 30.8 Å². The molecular formula is C26H25F2N9O3. The quantitative estimate of drug-likeness (QED) is 0.316. The van der Waals surface area contributed by atoms with Gasteiger partial charge < -0.3 is 24.4 Å². The minimum Gasteiger partial charge on any atom is -0.478 e. The molecule has 0 radical (unpaired) electrons. The molecule has 0 unspecified atom stereocenters. The fourth-order valence-electron chi connectivity index (χ4n) is 4.62. The highest BCUT2D eigenvalue weighted by molar-refractivity contribution is 5.96. The lowest BCUT2D eigenvalue weighted by atomic mass is 10.0. The third kappa shape index (κ3) is 4.88. The summed E-state index contributed by atoms with van der Waals surface area (Å²) in [5.41, 5.74) is 2.50. The topological polar surface area (TPSA) is 125 Å². The number of aromatic nitrogens is 7. The van der Waals surface area contributed by atoms with Crippen LogP contribution in [0.5, 0.6) is 23.1 Å². The molecule has 12 nitrogen and oxygen atoms in total. The number of methoxy groups -OCH3 is 1. The maximum absolute atomic E-state index is 14.9. The Balaban J connectivity index is 1.31. The summed E-state index contributed by atoms with van der Waals surface area (Å²) in [6.45, 7) is 1.97. The van der Waals surface area contributed by atoms with Gasteiger partial charge in [-0.05, 0) is 54.2 Å². The highest BCUT2D eigenvalue weighted by Crippen LogP contribution is 2.41. The SMILES string of the molecule is COc1ncc2ncnc(Nc3ccc(Oc4ccn5nnnc5c4)c(C)c3)c2c1O[C@@H]1CCN(C)CC1(F)F. The molecule has 1 atom stereocenters. The molecule has 0 aliphatic carbocycles. The molecule has 4 aromatic heterocycles. The summed E-state index contributed by atoms with van der Waals surface area (Å²) in [6, 6.07) is 9.00. The van der Waals surface area contributed by atoms with Crippen LogP contribution in [0.25, 0.3) is 16.6 Å². The Kier molecular flexibility index (Phi) is 6.46. The zero-order chi connectivity index (χ0) is 27.9. The number of tetrazole rings is 1. The maximum Gasteiger partial charge on any atom is 0.296 e. The van der Waals surface area contributed by atoms with Crippen molar-refractivity contribution in [2.45, 2.75) is 25.4 Å². The second kappa shape index (κ2) is 10.1. The number of nitrogens with one attached hydrogen (secondary N) is 1. The van der Waals surface area contributed by atoms with Crippen molar-refractivity contribution in [1.82, 2.24) is 39.9 Å². The van der Waals surface area contributed by atoms with Crippen molar-refractivity contribution in [3.8, 4) is 23.1 Å². The molecule has 206 valence electrons. The van der Waals surface area contributed by atoms with Gasteiger partial charge in [0.25, 0.3) is 11.8 Å². The van der Waals surface area contributed by atoms with Gasteiger partial charge in [-0.2, -0.15) is 0 Å². The number of aryl methyl sites for hydroxylation is 1. The predicted octanol–water partition coefficient (Wildman–Crippen LogP) is 4.03. The van der Waals surface area contributed by atoms with Gasteiger partial charge in [0.15, 0.2) is 17.5 Å².